The molecule has 0 bridgehead atoms. The number of para-hydroxylation sites is 1. The van der Waals surface area contributed by atoms with Crippen LogP contribution in [0.4, 0.5) is 0 Å². The summed E-state index contributed by atoms with van der Waals surface area (Å²) in [6.07, 6.45) is 0.850. The number of nitrogens with one attached hydrogen (secondary N) is 1. The fraction of sp³-hybridized carbons (Fsp3) is 0.300. The largest absolute Gasteiger partial charge is 0.490 e. The first-order chi connectivity index (χ1) is 7.65. The quantitative estimate of drug-likeness (QED) is 0.370. The number of hydrazine groups is 1. The van der Waals surface area contributed by atoms with Gasteiger partial charge in [0.25, 0.3) is 0 Å². The first-order valence-corrected chi connectivity index (χ1v) is 5.47. The minimum Gasteiger partial charge on any atom is -0.490 e. The van der Waals surface area contributed by atoms with Crippen molar-refractivity contribution in [3.05, 3.63) is 28.2 Å². The van der Waals surface area contributed by atoms with Gasteiger partial charge in [0.2, 0.25) is 5.91 Å². The highest BCUT2D eigenvalue weighted by molar-refractivity contribution is 6.37. The highest BCUT2D eigenvalue weighted by Gasteiger charge is 2.06. The van der Waals surface area contributed by atoms with E-state index in [4.69, 9.17) is 33.8 Å². The van der Waals surface area contributed by atoms with Gasteiger partial charge in [-0.25, -0.2) is 5.84 Å². The first-order valence-electron chi connectivity index (χ1n) is 4.71. The van der Waals surface area contributed by atoms with Crippen LogP contribution in [0.15, 0.2) is 18.2 Å². The van der Waals surface area contributed by atoms with Crippen LogP contribution in [0.1, 0.15) is 12.8 Å². The molecule has 6 heteroatoms. The van der Waals surface area contributed by atoms with Gasteiger partial charge in [0, 0.05) is 6.42 Å². The Hall–Kier alpha value is -0.970. The Morgan fingerprint density at radius 1 is 1.38 bits per heavy atom. The summed E-state index contributed by atoms with van der Waals surface area (Å²) in [5.74, 6) is 5.15. The second-order valence-electron chi connectivity index (χ2n) is 3.07. The third kappa shape index (κ3) is 3.89. The van der Waals surface area contributed by atoms with Crippen molar-refractivity contribution in [1.29, 1.82) is 0 Å². The molecule has 0 aliphatic rings. The predicted octanol–water partition coefficient (Wildman–Crippen LogP) is 2.14. The Morgan fingerprint density at radius 2 is 2.00 bits per heavy atom. The molecule has 0 unspecified atom stereocenters. The number of carbonyl (C=O) groups is 1. The van der Waals surface area contributed by atoms with Gasteiger partial charge in [-0.3, -0.25) is 10.2 Å². The van der Waals surface area contributed by atoms with Crippen LogP contribution in [0.25, 0.3) is 0 Å². The Morgan fingerprint density at radius 3 is 2.56 bits per heavy atom. The van der Waals surface area contributed by atoms with Gasteiger partial charge in [0.05, 0.1) is 16.7 Å². The molecule has 0 spiro atoms. The smallest absolute Gasteiger partial charge is 0.234 e. The summed E-state index contributed by atoms with van der Waals surface area (Å²) >= 11 is 11.8. The SMILES string of the molecule is NNC(=O)CCCOc1c(Cl)cccc1Cl. The Kier molecular flexibility index (Phi) is 5.38. The van der Waals surface area contributed by atoms with E-state index in [1.807, 2.05) is 5.43 Å². The van der Waals surface area contributed by atoms with Gasteiger partial charge in [0.15, 0.2) is 5.75 Å². The molecule has 0 atom stereocenters. The van der Waals surface area contributed by atoms with Crippen LogP contribution < -0.4 is 16.0 Å². The topological polar surface area (TPSA) is 64.3 Å². The van der Waals surface area contributed by atoms with E-state index in [1.54, 1.807) is 18.2 Å². The van der Waals surface area contributed by atoms with Crippen molar-refractivity contribution in [2.75, 3.05) is 6.61 Å². The van der Waals surface area contributed by atoms with Crippen LogP contribution >= 0.6 is 23.2 Å². The molecule has 0 saturated heterocycles. The minimum atomic E-state index is -0.228. The number of rotatable bonds is 5. The predicted molar refractivity (Wildman–Crippen MR) is 63.5 cm³/mol. The van der Waals surface area contributed by atoms with E-state index >= 15 is 0 Å². The van der Waals surface area contributed by atoms with Crippen LogP contribution in [0.2, 0.25) is 10.0 Å². The van der Waals surface area contributed by atoms with E-state index < -0.39 is 0 Å². The molecule has 0 aliphatic carbocycles. The van der Waals surface area contributed by atoms with E-state index in [0.29, 0.717) is 35.2 Å². The summed E-state index contributed by atoms with van der Waals surface area (Å²) in [4.78, 5) is 10.8. The average molecular weight is 263 g/mol. The molecular weight excluding hydrogens is 251 g/mol. The summed E-state index contributed by atoms with van der Waals surface area (Å²) in [5, 5.41) is 0.909. The Labute approximate surface area is 104 Å². The van der Waals surface area contributed by atoms with Crippen LogP contribution in [0, 0.1) is 0 Å². The Bertz CT molecular complexity index is 352. The van der Waals surface area contributed by atoms with Gasteiger partial charge in [-0.15, -0.1) is 0 Å². The lowest BCUT2D eigenvalue weighted by Gasteiger charge is -2.09. The molecular formula is C10H12Cl2N2O2. The highest BCUT2D eigenvalue weighted by atomic mass is 35.5. The van der Waals surface area contributed by atoms with E-state index in [2.05, 4.69) is 0 Å². The average Bonchev–Trinajstić information content (AvgIpc) is 2.27. The maximum absolute atomic E-state index is 10.8. The van der Waals surface area contributed by atoms with Crippen molar-refractivity contribution in [3.8, 4) is 5.75 Å². The number of halogens is 2. The van der Waals surface area contributed by atoms with E-state index in [9.17, 15) is 4.79 Å². The third-order valence-electron chi connectivity index (χ3n) is 1.87. The van der Waals surface area contributed by atoms with Crippen LogP contribution in [0.3, 0.4) is 0 Å². The molecule has 0 aliphatic heterocycles. The lowest BCUT2D eigenvalue weighted by Crippen LogP contribution is -2.29. The van der Waals surface area contributed by atoms with Gasteiger partial charge in [-0.1, -0.05) is 29.3 Å². The number of benzene rings is 1. The number of hydrogen-bond donors (Lipinski definition) is 2. The molecule has 0 heterocycles. The summed E-state index contributed by atoms with van der Waals surface area (Å²) in [5.41, 5.74) is 2.04. The maximum atomic E-state index is 10.8. The number of amides is 1. The number of hydrogen-bond acceptors (Lipinski definition) is 3. The lowest BCUT2D eigenvalue weighted by molar-refractivity contribution is -0.121. The zero-order valence-electron chi connectivity index (χ0n) is 8.50. The monoisotopic (exact) mass is 262 g/mol. The fourth-order valence-corrected chi connectivity index (χ4v) is 1.61. The summed E-state index contributed by atoms with van der Waals surface area (Å²) in [6.45, 7) is 0.358. The molecule has 0 radical (unpaired) electrons. The van der Waals surface area contributed by atoms with Crippen molar-refractivity contribution in [1.82, 2.24) is 5.43 Å². The second kappa shape index (κ2) is 6.58. The molecule has 0 aromatic heterocycles. The van der Waals surface area contributed by atoms with Crippen LogP contribution in [0.5, 0.6) is 5.75 Å². The van der Waals surface area contributed by atoms with E-state index in [1.165, 1.54) is 0 Å². The molecule has 1 amide bonds. The summed E-state index contributed by atoms with van der Waals surface area (Å²) < 4.78 is 5.38. The number of ether oxygens (including phenoxy) is 1. The molecule has 16 heavy (non-hydrogen) atoms. The molecule has 1 aromatic carbocycles. The van der Waals surface area contributed by atoms with Crippen LogP contribution in [-0.4, -0.2) is 12.5 Å². The molecule has 0 saturated carbocycles. The molecule has 4 nitrogen and oxygen atoms in total. The first kappa shape index (κ1) is 13.1. The van der Waals surface area contributed by atoms with Crippen molar-refractivity contribution in [3.63, 3.8) is 0 Å². The molecule has 88 valence electrons. The van der Waals surface area contributed by atoms with Crippen molar-refractivity contribution < 1.29 is 9.53 Å². The number of nitrogens with two attached hydrogens (primary N) is 1. The van der Waals surface area contributed by atoms with Crippen molar-refractivity contribution in [2.24, 2.45) is 5.84 Å². The molecule has 0 fully saturated rings. The van der Waals surface area contributed by atoms with E-state index in [-0.39, 0.29) is 5.91 Å². The molecule has 1 aromatic rings. The van der Waals surface area contributed by atoms with E-state index in [0.717, 1.165) is 0 Å². The van der Waals surface area contributed by atoms with Gasteiger partial charge >= 0.3 is 0 Å². The molecule has 1 rings (SSSR count). The van der Waals surface area contributed by atoms with Crippen molar-refractivity contribution in [2.45, 2.75) is 12.8 Å². The van der Waals surface area contributed by atoms with Gasteiger partial charge in [-0.05, 0) is 18.6 Å². The lowest BCUT2D eigenvalue weighted by atomic mass is 10.3. The summed E-state index contributed by atoms with van der Waals surface area (Å²) in [6, 6.07) is 5.12. The molecule has 3 N–H and O–H groups in total. The van der Waals surface area contributed by atoms with Crippen molar-refractivity contribution >= 4 is 29.1 Å². The second-order valence-corrected chi connectivity index (χ2v) is 3.88. The normalized spacial score (nSPS) is 9.94. The maximum Gasteiger partial charge on any atom is 0.234 e. The highest BCUT2D eigenvalue weighted by Crippen LogP contribution is 2.32. The standard InChI is InChI=1S/C10H12Cl2N2O2/c11-7-3-1-4-8(12)10(7)16-6-2-5-9(15)14-13/h1,3-4H,2,5-6,13H2,(H,14,15). The fourth-order valence-electron chi connectivity index (χ4n) is 1.10. The van der Waals surface area contributed by atoms with Gasteiger partial charge in [-0.2, -0.15) is 0 Å². The minimum absolute atomic E-state index is 0.228. The zero-order chi connectivity index (χ0) is 12.0. The third-order valence-corrected chi connectivity index (χ3v) is 2.47. The van der Waals surface area contributed by atoms with Crippen LogP contribution in [-0.2, 0) is 4.79 Å². The number of carbonyl (C=O) groups excluding carboxylic acids is 1. The summed E-state index contributed by atoms with van der Waals surface area (Å²) in [7, 11) is 0. The van der Waals surface area contributed by atoms with Gasteiger partial charge in [0.1, 0.15) is 0 Å². The van der Waals surface area contributed by atoms with Gasteiger partial charge < -0.3 is 4.74 Å². The Balaban J connectivity index is 2.40. The zero-order valence-corrected chi connectivity index (χ0v) is 10.0.